The van der Waals surface area contributed by atoms with Crippen molar-refractivity contribution in [2.24, 2.45) is 0 Å². The van der Waals surface area contributed by atoms with Gasteiger partial charge in [-0.15, -0.1) is 12.4 Å². The van der Waals surface area contributed by atoms with Gasteiger partial charge in [0, 0.05) is 12.6 Å². The van der Waals surface area contributed by atoms with Crippen molar-refractivity contribution in [1.29, 1.82) is 0 Å². The van der Waals surface area contributed by atoms with Crippen LogP contribution < -0.4 is 4.74 Å². The molecule has 0 aromatic heterocycles. The van der Waals surface area contributed by atoms with Crippen molar-refractivity contribution in [1.82, 2.24) is 4.90 Å². The Bertz CT molecular complexity index is 447. The Hall–Kier alpha value is -0.770. The van der Waals surface area contributed by atoms with Crippen LogP contribution >= 0.6 is 12.4 Å². The molecule has 4 heteroatoms. The Balaban J connectivity index is 0.00000242. The molecule has 1 aliphatic rings. The minimum absolute atomic E-state index is 0. The molecular weight excluding hydrogens is 298 g/mol. The number of aryl methyl sites for hydroxylation is 1. The van der Waals surface area contributed by atoms with Crippen LogP contribution in [0, 0.1) is 13.8 Å². The molecule has 1 aromatic rings. The van der Waals surface area contributed by atoms with E-state index in [1.807, 2.05) is 12.1 Å². The smallest absolute Gasteiger partial charge is 0.122 e. The summed E-state index contributed by atoms with van der Waals surface area (Å²) in [6.07, 6.45) is 6.11. The highest BCUT2D eigenvalue weighted by molar-refractivity contribution is 5.85. The summed E-state index contributed by atoms with van der Waals surface area (Å²) in [7, 11) is 2.12. The highest BCUT2D eigenvalue weighted by atomic mass is 35.5. The summed E-state index contributed by atoms with van der Waals surface area (Å²) in [5, 5.41) is 10.2. The zero-order chi connectivity index (χ0) is 15.2. The molecule has 0 heterocycles. The van der Waals surface area contributed by atoms with E-state index in [1.54, 1.807) is 0 Å². The van der Waals surface area contributed by atoms with Gasteiger partial charge in [0.1, 0.15) is 18.5 Å². The molecule has 3 nitrogen and oxygen atoms in total. The van der Waals surface area contributed by atoms with Gasteiger partial charge in [0.2, 0.25) is 0 Å². The van der Waals surface area contributed by atoms with E-state index >= 15 is 0 Å². The van der Waals surface area contributed by atoms with Crippen molar-refractivity contribution < 1.29 is 9.84 Å². The highest BCUT2D eigenvalue weighted by Gasteiger charge is 2.20. The van der Waals surface area contributed by atoms with Gasteiger partial charge >= 0.3 is 0 Å². The number of ether oxygens (including phenoxy) is 1. The molecular formula is C18H30ClNO2. The Morgan fingerprint density at radius 1 is 1.23 bits per heavy atom. The molecule has 1 aliphatic carbocycles. The zero-order valence-corrected chi connectivity index (χ0v) is 14.9. The van der Waals surface area contributed by atoms with E-state index in [-0.39, 0.29) is 12.4 Å². The fraction of sp³-hybridized carbons (Fsp3) is 0.667. The SMILES string of the molecule is Cc1cccc(OCC(O)CN(C)C2CCCCC2)c1C.Cl. The quantitative estimate of drug-likeness (QED) is 0.864. The first kappa shape index (κ1) is 19.3. The molecule has 22 heavy (non-hydrogen) atoms. The molecule has 0 saturated heterocycles. The van der Waals surface area contributed by atoms with Crippen LogP contribution in [0.3, 0.4) is 0 Å². The summed E-state index contributed by atoms with van der Waals surface area (Å²) in [6.45, 7) is 5.19. The fourth-order valence-corrected chi connectivity index (χ4v) is 3.12. The lowest BCUT2D eigenvalue weighted by molar-refractivity contribution is 0.0559. The largest absolute Gasteiger partial charge is 0.491 e. The Kier molecular flexibility index (Phi) is 8.23. The molecule has 2 rings (SSSR count). The van der Waals surface area contributed by atoms with E-state index < -0.39 is 6.10 Å². The third kappa shape index (κ3) is 5.45. The zero-order valence-electron chi connectivity index (χ0n) is 14.0. The van der Waals surface area contributed by atoms with Crippen LogP contribution in [0.2, 0.25) is 0 Å². The van der Waals surface area contributed by atoms with Crippen LogP contribution in [-0.4, -0.2) is 42.4 Å². The first-order valence-corrected chi connectivity index (χ1v) is 8.15. The van der Waals surface area contributed by atoms with Crippen LogP contribution in [0.5, 0.6) is 5.75 Å². The predicted molar refractivity (Wildman–Crippen MR) is 94.2 cm³/mol. The van der Waals surface area contributed by atoms with E-state index in [0.717, 1.165) is 11.3 Å². The molecule has 1 unspecified atom stereocenters. The number of nitrogens with zero attached hydrogens (tertiary/aromatic N) is 1. The van der Waals surface area contributed by atoms with Crippen LogP contribution in [0.4, 0.5) is 0 Å². The molecule has 1 atom stereocenters. The third-order valence-corrected chi connectivity index (χ3v) is 4.68. The summed E-state index contributed by atoms with van der Waals surface area (Å²) in [5.74, 6) is 0.884. The lowest BCUT2D eigenvalue weighted by Gasteiger charge is -2.32. The Labute approximate surface area is 141 Å². The van der Waals surface area contributed by atoms with Crippen molar-refractivity contribution in [3.8, 4) is 5.75 Å². The van der Waals surface area contributed by atoms with Crippen molar-refractivity contribution in [3.05, 3.63) is 29.3 Å². The van der Waals surface area contributed by atoms with Crippen molar-refractivity contribution >= 4 is 12.4 Å². The van der Waals surface area contributed by atoms with E-state index in [0.29, 0.717) is 19.2 Å². The summed E-state index contributed by atoms with van der Waals surface area (Å²) < 4.78 is 5.79. The standard InChI is InChI=1S/C18H29NO2.ClH/c1-14-8-7-11-18(15(14)2)21-13-17(20)12-19(3)16-9-5-4-6-10-16;/h7-8,11,16-17,20H,4-6,9-10,12-13H2,1-3H3;1H. The number of hydrogen-bond donors (Lipinski definition) is 1. The van der Waals surface area contributed by atoms with Gasteiger partial charge in [-0.05, 0) is 50.9 Å². The summed E-state index contributed by atoms with van der Waals surface area (Å²) in [4.78, 5) is 2.30. The molecule has 1 saturated carbocycles. The van der Waals surface area contributed by atoms with Gasteiger partial charge in [0.05, 0.1) is 0 Å². The van der Waals surface area contributed by atoms with Gasteiger partial charge < -0.3 is 14.7 Å². The molecule has 0 bridgehead atoms. The van der Waals surface area contributed by atoms with Crippen LogP contribution in [0.1, 0.15) is 43.2 Å². The molecule has 0 radical (unpaired) electrons. The summed E-state index contributed by atoms with van der Waals surface area (Å²) in [5.41, 5.74) is 2.38. The number of likely N-dealkylation sites (N-methyl/N-ethyl adjacent to an activating group) is 1. The predicted octanol–water partition coefficient (Wildman–Crippen LogP) is 3.73. The van der Waals surface area contributed by atoms with Crippen LogP contribution in [0.25, 0.3) is 0 Å². The number of benzene rings is 1. The maximum absolute atomic E-state index is 10.2. The number of hydrogen-bond acceptors (Lipinski definition) is 3. The monoisotopic (exact) mass is 327 g/mol. The molecule has 0 spiro atoms. The maximum atomic E-state index is 10.2. The molecule has 1 aromatic carbocycles. The molecule has 0 amide bonds. The number of rotatable bonds is 6. The second-order valence-corrected chi connectivity index (χ2v) is 6.39. The fourth-order valence-electron chi connectivity index (χ4n) is 3.12. The van der Waals surface area contributed by atoms with Crippen molar-refractivity contribution in [3.63, 3.8) is 0 Å². The second kappa shape index (κ2) is 9.39. The minimum Gasteiger partial charge on any atom is -0.491 e. The average Bonchev–Trinajstić information content (AvgIpc) is 2.49. The van der Waals surface area contributed by atoms with Gasteiger partial charge in [-0.25, -0.2) is 0 Å². The van der Waals surface area contributed by atoms with Gasteiger partial charge in [-0.2, -0.15) is 0 Å². The van der Waals surface area contributed by atoms with Crippen LogP contribution in [0.15, 0.2) is 18.2 Å². The average molecular weight is 328 g/mol. The molecule has 1 N–H and O–H groups in total. The summed E-state index contributed by atoms with van der Waals surface area (Å²) >= 11 is 0. The molecule has 126 valence electrons. The first-order chi connectivity index (χ1) is 10.1. The highest BCUT2D eigenvalue weighted by Crippen LogP contribution is 2.22. The van der Waals surface area contributed by atoms with Gasteiger partial charge in [0.25, 0.3) is 0 Å². The van der Waals surface area contributed by atoms with Crippen molar-refractivity contribution in [2.75, 3.05) is 20.2 Å². The van der Waals surface area contributed by atoms with Gasteiger partial charge in [0.15, 0.2) is 0 Å². The lowest BCUT2D eigenvalue weighted by Crippen LogP contribution is -2.40. The second-order valence-electron chi connectivity index (χ2n) is 6.39. The number of aliphatic hydroxyl groups is 1. The van der Waals surface area contributed by atoms with Gasteiger partial charge in [-0.1, -0.05) is 31.4 Å². The first-order valence-electron chi connectivity index (χ1n) is 8.15. The third-order valence-electron chi connectivity index (χ3n) is 4.68. The van der Waals surface area contributed by atoms with E-state index in [1.165, 1.54) is 37.7 Å². The molecule has 0 aliphatic heterocycles. The molecule has 1 fully saturated rings. The van der Waals surface area contributed by atoms with E-state index in [2.05, 4.69) is 31.9 Å². The number of aliphatic hydroxyl groups excluding tert-OH is 1. The van der Waals surface area contributed by atoms with Crippen molar-refractivity contribution in [2.45, 2.75) is 58.1 Å². The van der Waals surface area contributed by atoms with E-state index in [4.69, 9.17) is 4.74 Å². The Morgan fingerprint density at radius 2 is 1.91 bits per heavy atom. The van der Waals surface area contributed by atoms with E-state index in [9.17, 15) is 5.11 Å². The van der Waals surface area contributed by atoms with Crippen LogP contribution in [-0.2, 0) is 0 Å². The topological polar surface area (TPSA) is 32.7 Å². The van der Waals surface area contributed by atoms with Gasteiger partial charge in [-0.3, -0.25) is 0 Å². The minimum atomic E-state index is -0.433. The maximum Gasteiger partial charge on any atom is 0.122 e. The Morgan fingerprint density at radius 3 is 2.59 bits per heavy atom. The lowest BCUT2D eigenvalue weighted by atomic mass is 9.94. The number of halogens is 1. The normalized spacial score (nSPS) is 17.1. The summed E-state index contributed by atoms with van der Waals surface area (Å²) in [6, 6.07) is 6.68.